The minimum atomic E-state index is -0.299. The molecule has 3 unspecified atom stereocenters. The first-order valence-corrected chi connectivity index (χ1v) is 7.18. The molecule has 4 heteroatoms. The molecule has 18 heavy (non-hydrogen) atoms. The zero-order valence-electron chi connectivity index (χ0n) is 11.4. The van der Waals surface area contributed by atoms with E-state index in [1.54, 1.807) is 4.90 Å². The summed E-state index contributed by atoms with van der Waals surface area (Å²) in [7, 11) is 0. The summed E-state index contributed by atoms with van der Waals surface area (Å²) in [4.78, 5) is 25.5. The van der Waals surface area contributed by atoms with Crippen molar-refractivity contribution in [2.45, 2.75) is 52.0 Å². The lowest BCUT2D eigenvalue weighted by molar-refractivity contribution is -0.145. The van der Waals surface area contributed by atoms with E-state index in [0.717, 1.165) is 12.5 Å². The van der Waals surface area contributed by atoms with E-state index >= 15 is 0 Å². The van der Waals surface area contributed by atoms with Crippen LogP contribution in [0.5, 0.6) is 0 Å². The van der Waals surface area contributed by atoms with Crippen LogP contribution in [0.4, 0.5) is 0 Å². The standard InChI is InChI=1S/C14H24N2O2/c1-3-12-14(18)16(9-13(17)15-12)8-11-6-4-5-10(2)7-11/h10-12H,3-9H2,1-2H3,(H,15,17). The number of rotatable bonds is 3. The Bertz CT molecular complexity index is 330. The number of amides is 2. The second kappa shape index (κ2) is 5.72. The van der Waals surface area contributed by atoms with E-state index < -0.39 is 0 Å². The highest BCUT2D eigenvalue weighted by atomic mass is 16.2. The van der Waals surface area contributed by atoms with Crippen LogP contribution in [-0.4, -0.2) is 35.8 Å². The fraction of sp³-hybridized carbons (Fsp3) is 0.857. The molecule has 102 valence electrons. The molecule has 1 heterocycles. The highest BCUT2D eigenvalue weighted by Gasteiger charge is 2.33. The second-order valence-corrected chi connectivity index (χ2v) is 5.88. The molecule has 0 aromatic carbocycles. The Kier molecular flexibility index (Phi) is 4.25. The van der Waals surface area contributed by atoms with Gasteiger partial charge in [-0.3, -0.25) is 9.59 Å². The average Bonchev–Trinajstić information content (AvgIpc) is 2.33. The number of carbonyl (C=O) groups is 2. The number of hydrogen-bond donors (Lipinski definition) is 1. The van der Waals surface area contributed by atoms with Crippen LogP contribution < -0.4 is 5.32 Å². The van der Waals surface area contributed by atoms with Crippen molar-refractivity contribution < 1.29 is 9.59 Å². The highest BCUT2D eigenvalue weighted by molar-refractivity contribution is 5.94. The lowest BCUT2D eigenvalue weighted by atomic mass is 9.82. The Balaban J connectivity index is 1.94. The third-order valence-corrected chi connectivity index (χ3v) is 4.21. The maximum Gasteiger partial charge on any atom is 0.245 e. The van der Waals surface area contributed by atoms with Crippen molar-refractivity contribution in [3.8, 4) is 0 Å². The third-order valence-electron chi connectivity index (χ3n) is 4.21. The molecule has 2 rings (SSSR count). The van der Waals surface area contributed by atoms with Gasteiger partial charge in [-0.15, -0.1) is 0 Å². The Morgan fingerprint density at radius 1 is 1.33 bits per heavy atom. The van der Waals surface area contributed by atoms with Crippen LogP contribution in [0, 0.1) is 11.8 Å². The number of hydrogen-bond acceptors (Lipinski definition) is 2. The summed E-state index contributed by atoms with van der Waals surface area (Å²) in [5.41, 5.74) is 0. The summed E-state index contributed by atoms with van der Waals surface area (Å²) >= 11 is 0. The van der Waals surface area contributed by atoms with Crippen molar-refractivity contribution in [3.05, 3.63) is 0 Å². The molecule has 1 N–H and O–H groups in total. The maximum absolute atomic E-state index is 12.2. The summed E-state index contributed by atoms with van der Waals surface area (Å²) in [6.07, 6.45) is 5.65. The fourth-order valence-electron chi connectivity index (χ4n) is 3.24. The van der Waals surface area contributed by atoms with Crippen molar-refractivity contribution >= 4 is 11.8 Å². The van der Waals surface area contributed by atoms with Crippen LogP contribution in [0.3, 0.4) is 0 Å². The summed E-state index contributed by atoms with van der Waals surface area (Å²) < 4.78 is 0. The molecule has 2 aliphatic rings. The molecular weight excluding hydrogens is 228 g/mol. The van der Waals surface area contributed by atoms with Crippen LogP contribution in [0.2, 0.25) is 0 Å². The molecule has 0 spiro atoms. The van der Waals surface area contributed by atoms with E-state index in [2.05, 4.69) is 12.2 Å². The van der Waals surface area contributed by atoms with Crippen LogP contribution in [0.15, 0.2) is 0 Å². The van der Waals surface area contributed by atoms with Crippen LogP contribution in [0.25, 0.3) is 0 Å². The van der Waals surface area contributed by atoms with Crippen LogP contribution in [-0.2, 0) is 9.59 Å². The van der Waals surface area contributed by atoms with Crippen molar-refractivity contribution in [1.29, 1.82) is 0 Å². The van der Waals surface area contributed by atoms with Crippen molar-refractivity contribution in [2.24, 2.45) is 11.8 Å². The number of nitrogens with one attached hydrogen (secondary N) is 1. The van der Waals surface area contributed by atoms with Gasteiger partial charge in [0.2, 0.25) is 11.8 Å². The van der Waals surface area contributed by atoms with Gasteiger partial charge in [0.1, 0.15) is 6.04 Å². The molecule has 2 fully saturated rings. The summed E-state index contributed by atoms with van der Waals surface area (Å²) in [5.74, 6) is 1.45. The molecule has 0 aromatic heterocycles. The van der Waals surface area contributed by atoms with Crippen LogP contribution >= 0.6 is 0 Å². The van der Waals surface area contributed by atoms with Crippen molar-refractivity contribution in [1.82, 2.24) is 10.2 Å². The topological polar surface area (TPSA) is 49.4 Å². The van der Waals surface area contributed by atoms with E-state index in [1.807, 2.05) is 6.92 Å². The third kappa shape index (κ3) is 3.03. The summed E-state index contributed by atoms with van der Waals surface area (Å²) in [6.45, 7) is 5.24. The minimum absolute atomic E-state index is 0.00897. The molecule has 1 saturated heterocycles. The van der Waals surface area contributed by atoms with Gasteiger partial charge in [-0.25, -0.2) is 0 Å². The molecule has 2 amide bonds. The zero-order chi connectivity index (χ0) is 13.1. The first-order chi connectivity index (χ1) is 8.60. The highest BCUT2D eigenvalue weighted by Crippen LogP contribution is 2.29. The molecule has 1 aliphatic heterocycles. The van der Waals surface area contributed by atoms with Gasteiger partial charge >= 0.3 is 0 Å². The predicted octanol–water partition coefficient (Wildman–Crippen LogP) is 1.55. The molecule has 0 radical (unpaired) electrons. The smallest absolute Gasteiger partial charge is 0.245 e. The predicted molar refractivity (Wildman–Crippen MR) is 69.9 cm³/mol. The summed E-state index contributed by atoms with van der Waals surface area (Å²) in [5, 5.41) is 2.76. The van der Waals surface area contributed by atoms with Gasteiger partial charge < -0.3 is 10.2 Å². The number of nitrogens with zero attached hydrogens (tertiary/aromatic N) is 1. The van der Waals surface area contributed by atoms with E-state index in [4.69, 9.17) is 0 Å². The number of piperazine rings is 1. The first kappa shape index (κ1) is 13.4. The lowest BCUT2D eigenvalue weighted by Gasteiger charge is -2.36. The Labute approximate surface area is 109 Å². The molecule has 1 saturated carbocycles. The normalized spacial score (nSPS) is 33.4. The fourth-order valence-corrected chi connectivity index (χ4v) is 3.24. The van der Waals surface area contributed by atoms with Gasteiger partial charge in [-0.1, -0.05) is 26.7 Å². The molecule has 3 atom stereocenters. The van der Waals surface area contributed by atoms with E-state index in [1.165, 1.54) is 25.7 Å². The van der Waals surface area contributed by atoms with Crippen molar-refractivity contribution in [2.75, 3.05) is 13.1 Å². The monoisotopic (exact) mass is 252 g/mol. The van der Waals surface area contributed by atoms with E-state index in [9.17, 15) is 9.59 Å². The van der Waals surface area contributed by atoms with Crippen LogP contribution in [0.1, 0.15) is 46.0 Å². The first-order valence-electron chi connectivity index (χ1n) is 7.18. The SMILES string of the molecule is CCC1NC(=O)CN(CC2CCCC(C)C2)C1=O. The Morgan fingerprint density at radius 2 is 2.11 bits per heavy atom. The van der Waals surface area contributed by atoms with Gasteiger partial charge in [0, 0.05) is 6.54 Å². The Morgan fingerprint density at radius 3 is 2.78 bits per heavy atom. The zero-order valence-corrected chi connectivity index (χ0v) is 11.4. The van der Waals surface area contributed by atoms with Gasteiger partial charge in [0.25, 0.3) is 0 Å². The van der Waals surface area contributed by atoms with Gasteiger partial charge in [-0.05, 0) is 31.1 Å². The minimum Gasteiger partial charge on any atom is -0.343 e. The molecule has 1 aliphatic carbocycles. The number of carbonyl (C=O) groups excluding carboxylic acids is 2. The van der Waals surface area contributed by atoms with Gasteiger partial charge in [-0.2, -0.15) is 0 Å². The van der Waals surface area contributed by atoms with Gasteiger partial charge in [0.05, 0.1) is 6.54 Å². The molecule has 4 nitrogen and oxygen atoms in total. The molecule has 0 bridgehead atoms. The second-order valence-electron chi connectivity index (χ2n) is 5.88. The summed E-state index contributed by atoms with van der Waals surface area (Å²) in [6, 6.07) is -0.299. The Hall–Kier alpha value is -1.06. The largest absolute Gasteiger partial charge is 0.343 e. The quantitative estimate of drug-likeness (QED) is 0.828. The van der Waals surface area contributed by atoms with Gasteiger partial charge in [0.15, 0.2) is 0 Å². The maximum atomic E-state index is 12.2. The van der Waals surface area contributed by atoms with E-state index in [-0.39, 0.29) is 24.4 Å². The van der Waals surface area contributed by atoms with E-state index in [0.29, 0.717) is 12.3 Å². The molecule has 0 aromatic rings. The average molecular weight is 252 g/mol. The molecular formula is C14H24N2O2. The van der Waals surface area contributed by atoms with Crippen molar-refractivity contribution in [3.63, 3.8) is 0 Å². The lowest BCUT2D eigenvalue weighted by Crippen LogP contribution is -2.58.